The molecule has 3 nitrogen and oxygen atoms in total. The summed E-state index contributed by atoms with van der Waals surface area (Å²) >= 11 is 0. The average molecular weight is 249 g/mol. The van der Waals surface area contributed by atoms with Crippen molar-refractivity contribution in [3.05, 3.63) is 29.6 Å². The van der Waals surface area contributed by atoms with Crippen molar-refractivity contribution in [1.82, 2.24) is 4.98 Å². The lowest BCUT2D eigenvalue weighted by atomic mass is 10.1. The molecule has 0 bridgehead atoms. The molecule has 3 heteroatoms. The number of ether oxygens (including phenoxy) is 1. The number of esters is 1. The number of hydrogen-bond acceptors (Lipinski definition) is 3. The van der Waals surface area contributed by atoms with Crippen LogP contribution >= 0.6 is 0 Å². The van der Waals surface area contributed by atoms with E-state index in [2.05, 4.69) is 16.6 Å². The van der Waals surface area contributed by atoms with Crippen LogP contribution in [0.5, 0.6) is 0 Å². The molecule has 0 N–H and O–H groups in total. The van der Waals surface area contributed by atoms with E-state index in [1.807, 2.05) is 6.07 Å². The van der Waals surface area contributed by atoms with Crippen LogP contribution in [0.4, 0.5) is 0 Å². The number of methoxy groups -OCH3 is 1. The maximum atomic E-state index is 11.2. The number of aryl methyl sites for hydroxylation is 1. The summed E-state index contributed by atoms with van der Waals surface area (Å²) < 4.78 is 4.61. The predicted molar refractivity (Wildman–Crippen MR) is 72.7 cm³/mol. The van der Waals surface area contributed by atoms with Crippen LogP contribution in [0.2, 0.25) is 0 Å². The van der Waals surface area contributed by atoms with Crippen molar-refractivity contribution < 1.29 is 9.53 Å². The van der Waals surface area contributed by atoms with Crippen molar-refractivity contribution in [2.24, 2.45) is 0 Å². The Morgan fingerprint density at radius 3 is 2.50 bits per heavy atom. The Labute approximate surface area is 110 Å². The first-order chi connectivity index (χ1) is 8.77. The summed E-state index contributed by atoms with van der Waals surface area (Å²) in [5.74, 6) is -0.374. The van der Waals surface area contributed by atoms with Gasteiger partial charge in [-0.1, -0.05) is 45.1 Å². The van der Waals surface area contributed by atoms with E-state index in [1.165, 1.54) is 51.2 Å². The molecule has 0 aliphatic carbocycles. The van der Waals surface area contributed by atoms with Crippen molar-refractivity contribution in [3.8, 4) is 0 Å². The predicted octanol–water partition coefficient (Wildman–Crippen LogP) is 3.77. The van der Waals surface area contributed by atoms with Crippen LogP contribution in [0.1, 0.15) is 61.5 Å². The summed E-state index contributed by atoms with van der Waals surface area (Å²) in [5.41, 5.74) is 1.57. The van der Waals surface area contributed by atoms with Gasteiger partial charge in [-0.05, 0) is 24.5 Å². The molecule has 0 aromatic carbocycles. The number of aromatic nitrogens is 1. The summed E-state index contributed by atoms with van der Waals surface area (Å²) in [7, 11) is 1.37. The van der Waals surface area contributed by atoms with Gasteiger partial charge < -0.3 is 4.74 Å². The molecule has 1 aromatic heterocycles. The maximum absolute atomic E-state index is 11.2. The number of nitrogens with zero attached hydrogens (tertiary/aromatic N) is 1. The first kappa shape index (κ1) is 14.7. The Kier molecular flexibility index (Phi) is 7.07. The van der Waals surface area contributed by atoms with Crippen LogP contribution < -0.4 is 0 Å². The van der Waals surface area contributed by atoms with E-state index in [1.54, 1.807) is 12.3 Å². The Balaban J connectivity index is 2.25. The summed E-state index contributed by atoms with van der Waals surface area (Å²) in [6.07, 6.45) is 10.6. The highest BCUT2D eigenvalue weighted by Crippen LogP contribution is 2.10. The molecule has 0 radical (unpaired) electrons. The minimum atomic E-state index is -0.374. The molecule has 0 fully saturated rings. The fourth-order valence-corrected chi connectivity index (χ4v) is 1.91. The second kappa shape index (κ2) is 8.67. The molecule has 0 aliphatic rings. The highest BCUT2D eigenvalue weighted by molar-refractivity contribution is 5.86. The molecule has 18 heavy (non-hydrogen) atoms. The maximum Gasteiger partial charge on any atom is 0.356 e. The van der Waals surface area contributed by atoms with Gasteiger partial charge in [-0.15, -0.1) is 0 Å². The molecule has 0 amide bonds. The number of unbranched alkanes of at least 4 members (excludes halogenated alkanes) is 5. The van der Waals surface area contributed by atoms with Crippen molar-refractivity contribution in [2.75, 3.05) is 7.11 Å². The van der Waals surface area contributed by atoms with Crippen molar-refractivity contribution in [1.29, 1.82) is 0 Å². The van der Waals surface area contributed by atoms with Crippen LogP contribution in [0.3, 0.4) is 0 Å². The van der Waals surface area contributed by atoms with Crippen LogP contribution in [-0.2, 0) is 11.2 Å². The van der Waals surface area contributed by atoms with Gasteiger partial charge >= 0.3 is 5.97 Å². The summed E-state index contributed by atoms with van der Waals surface area (Å²) in [6.45, 7) is 2.23. The summed E-state index contributed by atoms with van der Waals surface area (Å²) in [6, 6.07) is 3.70. The highest BCUT2D eigenvalue weighted by Gasteiger charge is 2.05. The summed E-state index contributed by atoms with van der Waals surface area (Å²) in [5, 5.41) is 0. The monoisotopic (exact) mass is 249 g/mol. The largest absolute Gasteiger partial charge is 0.464 e. The van der Waals surface area contributed by atoms with Crippen LogP contribution in [0.15, 0.2) is 18.3 Å². The molecule has 100 valence electrons. The Morgan fingerprint density at radius 2 is 1.89 bits per heavy atom. The van der Waals surface area contributed by atoms with E-state index >= 15 is 0 Å². The lowest BCUT2D eigenvalue weighted by Crippen LogP contribution is -2.04. The zero-order chi connectivity index (χ0) is 13.2. The first-order valence-corrected chi connectivity index (χ1v) is 6.81. The molecule has 0 unspecified atom stereocenters. The topological polar surface area (TPSA) is 39.2 Å². The summed E-state index contributed by atoms with van der Waals surface area (Å²) in [4.78, 5) is 15.3. The number of carbonyl (C=O) groups is 1. The third kappa shape index (κ3) is 5.30. The van der Waals surface area contributed by atoms with E-state index in [9.17, 15) is 4.79 Å². The third-order valence-corrected chi connectivity index (χ3v) is 3.04. The van der Waals surface area contributed by atoms with Crippen molar-refractivity contribution in [2.45, 2.75) is 51.9 Å². The Hall–Kier alpha value is -1.38. The third-order valence-electron chi connectivity index (χ3n) is 3.04. The number of hydrogen-bond donors (Lipinski definition) is 0. The van der Waals surface area contributed by atoms with E-state index < -0.39 is 0 Å². The molecule has 1 rings (SSSR count). The van der Waals surface area contributed by atoms with Crippen molar-refractivity contribution >= 4 is 5.97 Å². The zero-order valence-electron chi connectivity index (χ0n) is 11.4. The fraction of sp³-hybridized carbons (Fsp3) is 0.600. The van der Waals surface area contributed by atoms with Crippen LogP contribution in [0, 0.1) is 0 Å². The van der Waals surface area contributed by atoms with E-state index in [4.69, 9.17) is 0 Å². The Morgan fingerprint density at radius 1 is 1.17 bits per heavy atom. The van der Waals surface area contributed by atoms with Gasteiger partial charge in [0.15, 0.2) is 0 Å². The molecular formula is C15H23NO2. The molecule has 0 aliphatic heterocycles. The minimum Gasteiger partial charge on any atom is -0.464 e. The first-order valence-electron chi connectivity index (χ1n) is 6.81. The molecule has 0 spiro atoms. The van der Waals surface area contributed by atoms with Gasteiger partial charge in [-0.2, -0.15) is 0 Å². The molecular weight excluding hydrogens is 226 g/mol. The van der Waals surface area contributed by atoms with Gasteiger partial charge in [-0.3, -0.25) is 0 Å². The van der Waals surface area contributed by atoms with Gasteiger partial charge in [0.2, 0.25) is 0 Å². The lowest BCUT2D eigenvalue weighted by Gasteiger charge is -2.03. The van der Waals surface area contributed by atoms with Crippen LogP contribution in [0.25, 0.3) is 0 Å². The second-order valence-corrected chi connectivity index (χ2v) is 4.56. The van der Waals surface area contributed by atoms with Gasteiger partial charge in [0.1, 0.15) is 5.69 Å². The number of pyridine rings is 1. The number of carbonyl (C=O) groups excluding carboxylic acids is 1. The molecule has 1 heterocycles. The molecule has 0 atom stereocenters. The van der Waals surface area contributed by atoms with Gasteiger partial charge in [0.25, 0.3) is 0 Å². The zero-order valence-corrected chi connectivity index (χ0v) is 11.4. The standard InChI is InChI=1S/C15H23NO2/c1-3-4-5-6-7-8-9-13-10-11-14(16-12-13)15(17)18-2/h10-12H,3-9H2,1-2H3. The van der Waals surface area contributed by atoms with E-state index in [0.29, 0.717) is 5.69 Å². The van der Waals surface area contributed by atoms with Gasteiger partial charge in [0.05, 0.1) is 7.11 Å². The molecule has 0 saturated heterocycles. The normalized spacial score (nSPS) is 10.3. The van der Waals surface area contributed by atoms with E-state index in [-0.39, 0.29) is 5.97 Å². The quantitative estimate of drug-likeness (QED) is 0.520. The minimum absolute atomic E-state index is 0.374. The molecule has 0 saturated carbocycles. The lowest BCUT2D eigenvalue weighted by molar-refractivity contribution is 0.0594. The van der Waals surface area contributed by atoms with Gasteiger partial charge in [0, 0.05) is 6.20 Å². The second-order valence-electron chi connectivity index (χ2n) is 4.56. The fourth-order valence-electron chi connectivity index (χ4n) is 1.91. The smallest absolute Gasteiger partial charge is 0.356 e. The Bertz CT molecular complexity index is 346. The van der Waals surface area contributed by atoms with Crippen molar-refractivity contribution in [3.63, 3.8) is 0 Å². The average Bonchev–Trinajstić information content (AvgIpc) is 2.42. The van der Waals surface area contributed by atoms with E-state index in [0.717, 1.165) is 6.42 Å². The van der Waals surface area contributed by atoms with Crippen LogP contribution in [-0.4, -0.2) is 18.1 Å². The highest BCUT2D eigenvalue weighted by atomic mass is 16.5. The van der Waals surface area contributed by atoms with Gasteiger partial charge in [-0.25, -0.2) is 9.78 Å². The SMILES string of the molecule is CCCCCCCCc1ccc(C(=O)OC)nc1. The molecule has 1 aromatic rings. The number of rotatable bonds is 8.